The zero-order chi connectivity index (χ0) is 16.2. The van der Waals surface area contributed by atoms with Gasteiger partial charge in [-0.05, 0) is 6.07 Å². The smallest absolute Gasteiger partial charge is 0.351 e. The number of aliphatic hydroxyl groups excluding tert-OH is 3. The molecule has 2 heterocycles. The van der Waals surface area contributed by atoms with Gasteiger partial charge in [-0.2, -0.15) is 4.98 Å². The fourth-order valence-corrected chi connectivity index (χ4v) is 1.73. The number of hydrogen-bond donors (Lipinski definition) is 5. The van der Waals surface area contributed by atoms with Gasteiger partial charge in [-0.1, -0.05) is 0 Å². The molecule has 1 aliphatic heterocycles. The van der Waals surface area contributed by atoms with Crippen molar-refractivity contribution in [2.45, 2.75) is 31.5 Å². The monoisotopic (exact) mass is 303 g/mol. The Balaban J connectivity index is 0.000000491. The fraction of sp³-hybridized carbons (Fsp3) is 0.545. The second-order valence-electron chi connectivity index (χ2n) is 4.29. The number of nitrogens with zero attached hydrogens (tertiary/aromatic N) is 2. The summed E-state index contributed by atoms with van der Waals surface area (Å²) in [6.45, 7) is 0.631. The lowest BCUT2D eigenvalue weighted by molar-refractivity contribution is -0.134. The Morgan fingerprint density at radius 1 is 1.48 bits per heavy atom. The van der Waals surface area contributed by atoms with Crippen LogP contribution in [0.15, 0.2) is 17.1 Å². The highest BCUT2D eigenvalue weighted by Gasteiger charge is 2.43. The van der Waals surface area contributed by atoms with E-state index in [1.54, 1.807) is 0 Å². The third kappa shape index (κ3) is 4.23. The van der Waals surface area contributed by atoms with E-state index in [1.165, 1.54) is 12.3 Å². The molecule has 0 bridgehead atoms. The third-order valence-corrected chi connectivity index (χ3v) is 2.64. The summed E-state index contributed by atoms with van der Waals surface area (Å²) in [5.74, 6) is -0.780. The highest BCUT2D eigenvalue weighted by Crippen LogP contribution is 2.27. The van der Waals surface area contributed by atoms with Crippen LogP contribution in [0.2, 0.25) is 0 Å². The van der Waals surface area contributed by atoms with Gasteiger partial charge in [0, 0.05) is 13.1 Å². The van der Waals surface area contributed by atoms with Crippen LogP contribution in [-0.4, -0.2) is 60.9 Å². The van der Waals surface area contributed by atoms with Gasteiger partial charge in [-0.15, -0.1) is 0 Å². The molecule has 6 N–H and O–H groups in total. The molecule has 1 fully saturated rings. The first-order valence-corrected chi connectivity index (χ1v) is 5.94. The second kappa shape index (κ2) is 7.13. The van der Waals surface area contributed by atoms with Crippen LogP contribution in [0.4, 0.5) is 5.82 Å². The van der Waals surface area contributed by atoms with Gasteiger partial charge < -0.3 is 30.9 Å². The molecule has 118 valence electrons. The van der Waals surface area contributed by atoms with Crippen molar-refractivity contribution in [2.24, 2.45) is 0 Å². The average Bonchev–Trinajstić information content (AvgIpc) is 2.66. The molecule has 0 unspecified atom stereocenters. The van der Waals surface area contributed by atoms with Gasteiger partial charge in [-0.3, -0.25) is 9.36 Å². The van der Waals surface area contributed by atoms with E-state index in [4.69, 9.17) is 25.5 Å². The second-order valence-corrected chi connectivity index (χ2v) is 4.29. The predicted octanol–water partition coefficient (Wildman–Crippen LogP) is -2.47. The van der Waals surface area contributed by atoms with Gasteiger partial charge in [0.25, 0.3) is 5.97 Å². The molecule has 0 saturated carbocycles. The van der Waals surface area contributed by atoms with Crippen LogP contribution in [0.5, 0.6) is 0 Å². The molecule has 1 aliphatic rings. The summed E-state index contributed by atoms with van der Waals surface area (Å²) in [7, 11) is 0. The van der Waals surface area contributed by atoms with Crippen LogP contribution >= 0.6 is 0 Å². The highest BCUT2D eigenvalue weighted by molar-refractivity contribution is 5.62. The van der Waals surface area contributed by atoms with Gasteiger partial charge in [0.1, 0.15) is 24.1 Å². The first-order valence-electron chi connectivity index (χ1n) is 5.94. The quantitative estimate of drug-likeness (QED) is 0.397. The van der Waals surface area contributed by atoms with Crippen molar-refractivity contribution in [2.75, 3.05) is 12.3 Å². The van der Waals surface area contributed by atoms with Gasteiger partial charge >= 0.3 is 5.69 Å². The zero-order valence-electron chi connectivity index (χ0n) is 11.2. The number of nitrogens with two attached hydrogens (primary N) is 1. The number of aromatic nitrogens is 2. The molecule has 4 atom stereocenters. The molecule has 0 spiro atoms. The standard InChI is InChI=1S/C9H13N3O5.C2H4O2/c10-5-1-2-12(9(16)11-5)8-7(15)6(14)4(3-13)17-8;1-2(3)4/h1-2,4,6-8,13-15H,3H2,(H2,10,11,16);1H3,(H,3,4)/t4-,6-,7+,8-;/m1./s1. The summed E-state index contributed by atoms with van der Waals surface area (Å²) in [5.41, 5.74) is 4.63. The lowest BCUT2D eigenvalue weighted by Gasteiger charge is -2.16. The van der Waals surface area contributed by atoms with E-state index in [-0.39, 0.29) is 5.82 Å². The van der Waals surface area contributed by atoms with Gasteiger partial charge in [0.15, 0.2) is 6.23 Å². The van der Waals surface area contributed by atoms with Crippen LogP contribution in [-0.2, 0) is 9.53 Å². The minimum atomic E-state index is -1.31. The van der Waals surface area contributed by atoms with Crippen LogP contribution < -0.4 is 11.4 Å². The molecule has 10 nitrogen and oxygen atoms in total. The van der Waals surface area contributed by atoms with E-state index in [0.717, 1.165) is 11.5 Å². The van der Waals surface area contributed by atoms with Crippen molar-refractivity contribution in [3.05, 3.63) is 22.7 Å². The Kier molecular flexibility index (Phi) is 5.79. The highest BCUT2D eigenvalue weighted by atomic mass is 16.6. The fourth-order valence-electron chi connectivity index (χ4n) is 1.73. The van der Waals surface area contributed by atoms with Crippen molar-refractivity contribution < 1.29 is 30.0 Å². The molecular formula is C11H17N3O7. The van der Waals surface area contributed by atoms with E-state index in [2.05, 4.69) is 4.98 Å². The summed E-state index contributed by atoms with van der Waals surface area (Å²) in [5, 5.41) is 35.6. The molecule has 1 aromatic rings. The van der Waals surface area contributed by atoms with Crippen molar-refractivity contribution in [1.82, 2.24) is 9.55 Å². The maximum absolute atomic E-state index is 11.5. The zero-order valence-corrected chi connectivity index (χ0v) is 11.2. The molecule has 0 aliphatic carbocycles. The van der Waals surface area contributed by atoms with Crippen molar-refractivity contribution in [3.8, 4) is 0 Å². The number of ether oxygens (including phenoxy) is 1. The average molecular weight is 303 g/mol. The van der Waals surface area contributed by atoms with Crippen LogP contribution in [0.25, 0.3) is 0 Å². The first kappa shape index (κ1) is 17.0. The van der Waals surface area contributed by atoms with Crippen LogP contribution in [0.1, 0.15) is 13.2 Å². The van der Waals surface area contributed by atoms with Crippen LogP contribution in [0, 0.1) is 0 Å². The summed E-state index contributed by atoms with van der Waals surface area (Å²) in [6.07, 6.45) is -3.27. The Labute approximate surface area is 119 Å². The number of nitrogen functional groups attached to an aromatic ring is 1. The van der Waals surface area contributed by atoms with E-state index in [9.17, 15) is 15.0 Å². The minimum absolute atomic E-state index is 0.0537. The molecule has 1 saturated heterocycles. The number of carbonyl (C=O) groups is 1. The maximum atomic E-state index is 11.5. The predicted molar refractivity (Wildman–Crippen MR) is 69.2 cm³/mol. The minimum Gasteiger partial charge on any atom is -0.481 e. The molecule has 0 radical (unpaired) electrons. The van der Waals surface area contributed by atoms with Crippen molar-refractivity contribution in [1.29, 1.82) is 0 Å². The van der Waals surface area contributed by atoms with Crippen LogP contribution in [0.3, 0.4) is 0 Å². The Morgan fingerprint density at radius 2 is 2.05 bits per heavy atom. The van der Waals surface area contributed by atoms with Gasteiger partial charge in [0.05, 0.1) is 6.61 Å². The molecule has 1 aromatic heterocycles. The summed E-state index contributed by atoms with van der Waals surface area (Å²) >= 11 is 0. The number of carboxylic acids is 1. The molecule has 2 rings (SSSR count). The number of aliphatic carboxylic acids is 1. The normalized spacial score (nSPS) is 27.8. The summed E-state index contributed by atoms with van der Waals surface area (Å²) in [6, 6.07) is 1.37. The Hall–Kier alpha value is -2.01. The lowest BCUT2D eigenvalue weighted by Crippen LogP contribution is -2.36. The van der Waals surface area contributed by atoms with Crippen molar-refractivity contribution >= 4 is 11.8 Å². The summed E-state index contributed by atoms with van der Waals surface area (Å²) < 4.78 is 6.19. The number of anilines is 1. The number of rotatable bonds is 2. The SMILES string of the molecule is CC(=O)O.Nc1ccn([C@@H]2O[C@H](CO)[C@@H](O)[C@@H]2O)c(=O)n1. The van der Waals surface area contributed by atoms with E-state index in [1.807, 2.05) is 0 Å². The Morgan fingerprint density at radius 3 is 2.48 bits per heavy atom. The number of carboxylic acid groups (broad SMARTS) is 1. The number of aliphatic hydroxyl groups is 3. The lowest BCUT2D eigenvalue weighted by atomic mass is 10.1. The third-order valence-electron chi connectivity index (χ3n) is 2.64. The molecule has 0 aromatic carbocycles. The van der Waals surface area contributed by atoms with Crippen molar-refractivity contribution in [3.63, 3.8) is 0 Å². The molecule has 21 heavy (non-hydrogen) atoms. The molecule has 0 amide bonds. The van der Waals surface area contributed by atoms with Gasteiger partial charge in [0.2, 0.25) is 0 Å². The molecule has 10 heteroatoms. The largest absolute Gasteiger partial charge is 0.481 e. The van der Waals surface area contributed by atoms with Gasteiger partial charge in [-0.25, -0.2) is 4.79 Å². The molecular weight excluding hydrogens is 286 g/mol. The first-order chi connectivity index (χ1) is 9.77. The van der Waals surface area contributed by atoms with E-state index in [0.29, 0.717) is 0 Å². The van der Waals surface area contributed by atoms with E-state index >= 15 is 0 Å². The summed E-state index contributed by atoms with van der Waals surface area (Å²) in [4.78, 5) is 24.0. The maximum Gasteiger partial charge on any atom is 0.351 e. The van der Waals surface area contributed by atoms with E-state index < -0.39 is 42.8 Å². The topological polar surface area (TPSA) is 168 Å². The number of hydrogen-bond acceptors (Lipinski definition) is 8. The Bertz CT molecular complexity index is 543.